The van der Waals surface area contributed by atoms with Crippen molar-refractivity contribution in [3.63, 3.8) is 0 Å². The lowest BCUT2D eigenvalue weighted by molar-refractivity contribution is 0.227. The molecule has 0 amide bonds. The van der Waals surface area contributed by atoms with Gasteiger partial charge in [0.15, 0.2) is 0 Å². The minimum Gasteiger partial charge on any atom is -0.330 e. The Labute approximate surface area is 90.5 Å². The highest BCUT2D eigenvalue weighted by Gasteiger charge is 2.22. The van der Waals surface area contributed by atoms with E-state index in [0.29, 0.717) is 11.3 Å². The van der Waals surface area contributed by atoms with E-state index < -0.39 is 0 Å². The fourth-order valence-electron chi connectivity index (χ4n) is 1.90. The van der Waals surface area contributed by atoms with Gasteiger partial charge in [-0.2, -0.15) is 0 Å². The molecule has 0 saturated heterocycles. The molecule has 0 aromatic carbocycles. The Balaban J connectivity index is 3.54. The Morgan fingerprint density at radius 1 is 1.00 bits per heavy atom. The largest absolute Gasteiger partial charge is 0.330 e. The molecule has 0 fully saturated rings. The van der Waals surface area contributed by atoms with E-state index in [1.54, 1.807) is 0 Å². The Bertz CT molecular complexity index is 124. The highest BCUT2D eigenvalue weighted by molar-refractivity contribution is 4.74. The Hall–Kier alpha value is -0.0400. The number of hydrogen-bond acceptors (Lipinski definition) is 1. The zero-order valence-corrected chi connectivity index (χ0v) is 10.6. The summed E-state index contributed by atoms with van der Waals surface area (Å²) in [5, 5.41) is 0. The molecule has 0 aromatic heterocycles. The maximum Gasteiger partial charge on any atom is -0.00439 e. The van der Waals surface area contributed by atoms with E-state index in [9.17, 15) is 0 Å². The van der Waals surface area contributed by atoms with Crippen LogP contribution in [0.4, 0.5) is 0 Å². The summed E-state index contributed by atoms with van der Waals surface area (Å²) >= 11 is 0. The van der Waals surface area contributed by atoms with Gasteiger partial charge < -0.3 is 5.73 Å². The second-order valence-electron chi connectivity index (χ2n) is 5.50. The van der Waals surface area contributed by atoms with Crippen LogP contribution in [-0.4, -0.2) is 6.54 Å². The summed E-state index contributed by atoms with van der Waals surface area (Å²) < 4.78 is 0. The van der Waals surface area contributed by atoms with E-state index in [4.69, 9.17) is 5.73 Å². The van der Waals surface area contributed by atoms with Gasteiger partial charge in [0.2, 0.25) is 0 Å². The van der Waals surface area contributed by atoms with Crippen molar-refractivity contribution in [2.45, 2.75) is 66.2 Å². The van der Waals surface area contributed by atoms with Gasteiger partial charge >= 0.3 is 0 Å². The maximum absolute atomic E-state index is 5.80. The van der Waals surface area contributed by atoms with Crippen LogP contribution in [0.15, 0.2) is 0 Å². The van der Waals surface area contributed by atoms with Crippen LogP contribution in [0, 0.1) is 11.3 Å². The second kappa shape index (κ2) is 7.28. The normalized spacial score (nSPS) is 14.4. The minimum atomic E-state index is 0.388. The topological polar surface area (TPSA) is 26.0 Å². The number of unbranched alkanes of at least 4 members (excludes halogenated alkanes) is 4. The van der Waals surface area contributed by atoms with Gasteiger partial charge in [-0.05, 0) is 24.3 Å². The van der Waals surface area contributed by atoms with Crippen molar-refractivity contribution >= 4 is 0 Å². The van der Waals surface area contributed by atoms with Gasteiger partial charge in [0.05, 0.1) is 0 Å². The Morgan fingerprint density at radius 2 is 1.57 bits per heavy atom. The van der Waals surface area contributed by atoms with Gasteiger partial charge in [0.1, 0.15) is 0 Å². The van der Waals surface area contributed by atoms with Crippen LogP contribution < -0.4 is 5.73 Å². The highest BCUT2D eigenvalue weighted by Crippen LogP contribution is 2.29. The van der Waals surface area contributed by atoms with Crippen LogP contribution in [0.1, 0.15) is 66.2 Å². The molecule has 0 aliphatic carbocycles. The first kappa shape index (κ1) is 14.0. The summed E-state index contributed by atoms with van der Waals surface area (Å²) in [7, 11) is 0. The van der Waals surface area contributed by atoms with Gasteiger partial charge in [0.25, 0.3) is 0 Å². The molecule has 0 heterocycles. The van der Waals surface area contributed by atoms with Crippen LogP contribution >= 0.6 is 0 Å². The average molecular weight is 199 g/mol. The van der Waals surface area contributed by atoms with E-state index in [0.717, 1.165) is 6.54 Å². The Morgan fingerprint density at radius 3 is 2.00 bits per heavy atom. The molecular formula is C13H29N. The zero-order valence-electron chi connectivity index (χ0n) is 10.6. The third kappa shape index (κ3) is 6.42. The van der Waals surface area contributed by atoms with E-state index >= 15 is 0 Å². The van der Waals surface area contributed by atoms with Gasteiger partial charge in [-0.1, -0.05) is 59.8 Å². The number of hydrogen-bond donors (Lipinski definition) is 1. The standard InChI is InChI=1S/C13H29N/c1-5-6-7-8-9-10-12(11-14)13(2,3)4/h12H,5-11,14H2,1-4H3. The summed E-state index contributed by atoms with van der Waals surface area (Å²) in [4.78, 5) is 0. The monoisotopic (exact) mass is 199 g/mol. The highest BCUT2D eigenvalue weighted by atomic mass is 14.6. The van der Waals surface area contributed by atoms with Crippen molar-refractivity contribution in [3.8, 4) is 0 Å². The summed E-state index contributed by atoms with van der Waals surface area (Å²) in [5.41, 5.74) is 6.19. The molecule has 1 unspecified atom stereocenters. The zero-order chi connectivity index (χ0) is 11.0. The first-order chi connectivity index (χ1) is 6.52. The fraction of sp³-hybridized carbons (Fsp3) is 1.00. The molecule has 0 aliphatic rings. The maximum atomic E-state index is 5.80. The summed E-state index contributed by atoms with van der Waals surface area (Å²) in [6, 6.07) is 0. The lowest BCUT2D eigenvalue weighted by Gasteiger charge is -2.29. The summed E-state index contributed by atoms with van der Waals surface area (Å²) in [6.45, 7) is 10.0. The van der Waals surface area contributed by atoms with Crippen LogP contribution in [0.2, 0.25) is 0 Å². The third-order valence-electron chi connectivity index (χ3n) is 3.17. The number of rotatable bonds is 7. The molecule has 1 heteroatoms. The van der Waals surface area contributed by atoms with Gasteiger partial charge in [0, 0.05) is 0 Å². The smallest absolute Gasteiger partial charge is 0.00439 e. The van der Waals surface area contributed by atoms with Crippen molar-refractivity contribution < 1.29 is 0 Å². The van der Waals surface area contributed by atoms with Gasteiger partial charge in [-0.3, -0.25) is 0 Å². The molecule has 14 heavy (non-hydrogen) atoms. The molecule has 2 N–H and O–H groups in total. The van der Waals surface area contributed by atoms with Gasteiger partial charge in [-0.25, -0.2) is 0 Å². The van der Waals surface area contributed by atoms with Crippen molar-refractivity contribution in [2.24, 2.45) is 17.1 Å². The van der Waals surface area contributed by atoms with Crippen LogP contribution in [0.5, 0.6) is 0 Å². The SMILES string of the molecule is CCCCCCCC(CN)C(C)(C)C. The van der Waals surface area contributed by atoms with Crippen molar-refractivity contribution in [1.82, 2.24) is 0 Å². The van der Waals surface area contributed by atoms with E-state index in [1.165, 1.54) is 38.5 Å². The molecular weight excluding hydrogens is 170 g/mol. The number of nitrogens with two attached hydrogens (primary N) is 1. The lowest BCUT2D eigenvalue weighted by Crippen LogP contribution is -2.27. The third-order valence-corrected chi connectivity index (χ3v) is 3.17. The van der Waals surface area contributed by atoms with Crippen LogP contribution in [0.3, 0.4) is 0 Å². The minimum absolute atomic E-state index is 0.388. The van der Waals surface area contributed by atoms with Crippen molar-refractivity contribution in [1.29, 1.82) is 0 Å². The first-order valence-electron chi connectivity index (χ1n) is 6.22. The molecule has 0 rings (SSSR count). The predicted molar refractivity (Wildman–Crippen MR) is 65.4 cm³/mol. The molecule has 86 valence electrons. The van der Waals surface area contributed by atoms with Crippen molar-refractivity contribution in [2.75, 3.05) is 6.54 Å². The fourth-order valence-corrected chi connectivity index (χ4v) is 1.90. The molecule has 0 saturated carbocycles. The van der Waals surface area contributed by atoms with E-state index in [-0.39, 0.29) is 0 Å². The summed E-state index contributed by atoms with van der Waals surface area (Å²) in [6.07, 6.45) is 8.18. The molecule has 0 aliphatic heterocycles. The molecule has 1 nitrogen and oxygen atoms in total. The molecule has 0 bridgehead atoms. The molecule has 0 radical (unpaired) electrons. The van der Waals surface area contributed by atoms with E-state index in [2.05, 4.69) is 27.7 Å². The lowest BCUT2D eigenvalue weighted by atomic mass is 9.78. The van der Waals surface area contributed by atoms with Crippen molar-refractivity contribution in [3.05, 3.63) is 0 Å². The van der Waals surface area contributed by atoms with E-state index in [1.807, 2.05) is 0 Å². The van der Waals surface area contributed by atoms with Crippen LogP contribution in [0.25, 0.3) is 0 Å². The first-order valence-corrected chi connectivity index (χ1v) is 6.22. The van der Waals surface area contributed by atoms with Gasteiger partial charge in [-0.15, -0.1) is 0 Å². The summed E-state index contributed by atoms with van der Waals surface area (Å²) in [5.74, 6) is 0.698. The molecule has 0 aromatic rings. The second-order valence-corrected chi connectivity index (χ2v) is 5.50. The predicted octanol–water partition coefficient (Wildman–Crippen LogP) is 3.97. The molecule has 1 atom stereocenters. The average Bonchev–Trinajstić information content (AvgIpc) is 2.09. The quantitative estimate of drug-likeness (QED) is 0.617. The molecule has 0 spiro atoms. The van der Waals surface area contributed by atoms with Crippen LogP contribution in [-0.2, 0) is 0 Å². The Kier molecular flexibility index (Phi) is 7.26.